The lowest BCUT2D eigenvalue weighted by Crippen LogP contribution is -2.57. The van der Waals surface area contributed by atoms with Crippen molar-refractivity contribution in [3.05, 3.63) is 0 Å². The molecule has 0 saturated heterocycles. The largest absolute Gasteiger partial charge is 0.370 e. The third-order valence-electron chi connectivity index (χ3n) is 7.74. The molecule has 0 aliphatic heterocycles. The number of ketones is 2. The Morgan fingerprint density at radius 3 is 1.80 bits per heavy atom. The van der Waals surface area contributed by atoms with Crippen molar-refractivity contribution < 1.29 is 38.4 Å². The summed E-state index contributed by atoms with van der Waals surface area (Å²) in [7, 11) is 0. The predicted octanol–water partition coefficient (Wildman–Crippen LogP) is -2.60. The minimum Gasteiger partial charge on any atom is -0.370 e. The lowest BCUT2D eigenvalue weighted by atomic mass is 9.97. The van der Waals surface area contributed by atoms with Crippen LogP contribution in [0.4, 0.5) is 0 Å². The number of nitrogens with one attached hydrogen (secondary N) is 5. The molecule has 0 rings (SSSR count). The average Bonchev–Trinajstić information content (AvgIpc) is 3.02. The molecular weight excluding hydrogens is 638 g/mol. The number of nitrogens with two attached hydrogens (primary N) is 4. The standard InChI is InChI=1S/C32H59N9O8/c1-18(2)14-24(40-32(49)29(19(3)4)41-30(47)22(34)9-11-27(35)45)26(44)16-37-20(5)25(43)15-38-23(10-12-28(36)46)31(48)39-21(17-42)8-6-7-13-33/h17-24,29,37-38H,6-16,33-34H2,1-5H3,(H2,35,45)(H2,36,46)(H,39,48)(H,40,49)(H,41,47)/t20-,21-,22-,23-,24-,29-/m0/s1. The first-order valence-electron chi connectivity index (χ1n) is 16.8. The van der Waals surface area contributed by atoms with Gasteiger partial charge < -0.3 is 49.0 Å². The first kappa shape index (κ1) is 45.2. The Hall–Kier alpha value is -3.80. The zero-order valence-corrected chi connectivity index (χ0v) is 29.5. The van der Waals surface area contributed by atoms with Crippen molar-refractivity contribution in [2.45, 2.75) is 122 Å². The average molecular weight is 698 g/mol. The van der Waals surface area contributed by atoms with Crippen LogP contribution in [0, 0.1) is 11.8 Å². The molecule has 0 spiro atoms. The fourth-order valence-corrected chi connectivity index (χ4v) is 4.67. The monoisotopic (exact) mass is 697 g/mol. The molecule has 0 aromatic carbocycles. The highest BCUT2D eigenvalue weighted by atomic mass is 16.2. The number of primary amides is 2. The van der Waals surface area contributed by atoms with Crippen LogP contribution >= 0.6 is 0 Å². The van der Waals surface area contributed by atoms with E-state index >= 15 is 0 Å². The van der Waals surface area contributed by atoms with E-state index in [1.807, 2.05) is 13.8 Å². The van der Waals surface area contributed by atoms with Gasteiger partial charge in [0.2, 0.25) is 29.5 Å². The molecule has 0 radical (unpaired) electrons. The summed E-state index contributed by atoms with van der Waals surface area (Å²) in [6, 6.07) is -5.58. The molecule has 0 aromatic heterocycles. The topological polar surface area (TPSA) is 301 Å². The molecule has 0 saturated carbocycles. The van der Waals surface area contributed by atoms with Gasteiger partial charge in [-0.05, 0) is 63.8 Å². The Bertz CT molecular complexity index is 1120. The van der Waals surface area contributed by atoms with Crippen molar-refractivity contribution >= 4 is 47.4 Å². The number of unbranched alkanes of at least 4 members (excludes halogenated alkanes) is 1. The molecule has 0 unspecified atom stereocenters. The van der Waals surface area contributed by atoms with E-state index in [-0.39, 0.29) is 62.8 Å². The second-order valence-corrected chi connectivity index (χ2v) is 13.0. The van der Waals surface area contributed by atoms with Crippen LogP contribution in [-0.2, 0) is 38.4 Å². The van der Waals surface area contributed by atoms with Crippen molar-refractivity contribution in [3.8, 4) is 0 Å². The maximum atomic E-state index is 13.3. The van der Waals surface area contributed by atoms with Crippen LogP contribution in [0.1, 0.15) is 86.0 Å². The van der Waals surface area contributed by atoms with Gasteiger partial charge >= 0.3 is 0 Å². The van der Waals surface area contributed by atoms with E-state index in [1.165, 1.54) is 6.92 Å². The van der Waals surface area contributed by atoms with Gasteiger partial charge in [-0.3, -0.25) is 38.9 Å². The van der Waals surface area contributed by atoms with Gasteiger partial charge in [0, 0.05) is 12.8 Å². The first-order chi connectivity index (χ1) is 22.9. The van der Waals surface area contributed by atoms with E-state index in [9.17, 15) is 38.4 Å². The zero-order valence-electron chi connectivity index (χ0n) is 29.5. The highest BCUT2D eigenvalue weighted by Gasteiger charge is 2.31. The fourth-order valence-electron chi connectivity index (χ4n) is 4.67. The molecule has 5 amide bonds. The highest BCUT2D eigenvalue weighted by molar-refractivity contribution is 5.95. The van der Waals surface area contributed by atoms with E-state index < -0.39 is 71.6 Å². The smallest absolute Gasteiger partial charge is 0.243 e. The molecule has 0 heterocycles. The highest BCUT2D eigenvalue weighted by Crippen LogP contribution is 2.10. The van der Waals surface area contributed by atoms with Crippen LogP contribution in [-0.4, -0.2) is 103 Å². The van der Waals surface area contributed by atoms with E-state index in [4.69, 9.17) is 22.9 Å². The maximum absolute atomic E-state index is 13.3. The van der Waals surface area contributed by atoms with Crippen LogP contribution in [0.3, 0.4) is 0 Å². The van der Waals surface area contributed by atoms with Gasteiger partial charge in [0.15, 0.2) is 11.6 Å². The minimum atomic E-state index is -1.06. The van der Waals surface area contributed by atoms with Crippen molar-refractivity contribution in [1.29, 1.82) is 0 Å². The molecule has 6 atom stereocenters. The van der Waals surface area contributed by atoms with Crippen molar-refractivity contribution in [2.75, 3.05) is 19.6 Å². The number of amides is 5. The van der Waals surface area contributed by atoms with Crippen LogP contribution in [0.2, 0.25) is 0 Å². The Labute approximate surface area is 288 Å². The summed E-state index contributed by atoms with van der Waals surface area (Å²) in [5.41, 5.74) is 21.7. The van der Waals surface area contributed by atoms with Crippen LogP contribution in [0.25, 0.3) is 0 Å². The quantitative estimate of drug-likeness (QED) is 0.0300. The molecule has 13 N–H and O–H groups in total. The number of carbonyl (C=O) groups is 8. The normalized spacial score (nSPS) is 15.0. The van der Waals surface area contributed by atoms with Gasteiger partial charge in [-0.25, -0.2) is 0 Å². The summed E-state index contributed by atoms with van der Waals surface area (Å²) in [6.45, 7) is 8.61. The Kier molecular flexibility index (Phi) is 22.5. The molecule has 0 bridgehead atoms. The molecule has 49 heavy (non-hydrogen) atoms. The van der Waals surface area contributed by atoms with Gasteiger partial charge in [-0.2, -0.15) is 0 Å². The van der Waals surface area contributed by atoms with Gasteiger partial charge in [0.05, 0.1) is 43.3 Å². The second-order valence-electron chi connectivity index (χ2n) is 13.0. The Morgan fingerprint density at radius 1 is 0.673 bits per heavy atom. The van der Waals surface area contributed by atoms with Crippen LogP contribution in [0.5, 0.6) is 0 Å². The Balaban J connectivity index is 5.37. The summed E-state index contributed by atoms with van der Waals surface area (Å²) >= 11 is 0. The number of hydrogen-bond donors (Lipinski definition) is 9. The van der Waals surface area contributed by atoms with Crippen molar-refractivity contribution in [2.24, 2.45) is 34.8 Å². The van der Waals surface area contributed by atoms with E-state index in [0.29, 0.717) is 32.1 Å². The number of rotatable bonds is 28. The van der Waals surface area contributed by atoms with Gasteiger partial charge in [-0.15, -0.1) is 0 Å². The third kappa shape index (κ3) is 19.7. The van der Waals surface area contributed by atoms with Crippen molar-refractivity contribution in [3.63, 3.8) is 0 Å². The molecule has 0 fully saturated rings. The summed E-state index contributed by atoms with van der Waals surface area (Å²) in [5.74, 6) is -4.17. The van der Waals surface area contributed by atoms with Crippen LogP contribution < -0.4 is 49.5 Å². The fraction of sp³-hybridized carbons (Fsp3) is 0.750. The summed E-state index contributed by atoms with van der Waals surface area (Å²) in [5, 5.41) is 13.6. The molecule has 0 aromatic rings. The zero-order chi connectivity index (χ0) is 37.7. The minimum absolute atomic E-state index is 0.00314. The molecule has 17 nitrogen and oxygen atoms in total. The van der Waals surface area contributed by atoms with Gasteiger partial charge in [0.1, 0.15) is 12.3 Å². The third-order valence-corrected chi connectivity index (χ3v) is 7.74. The molecule has 0 aliphatic carbocycles. The van der Waals surface area contributed by atoms with E-state index in [2.05, 4.69) is 26.6 Å². The first-order valence-corrected chi connectivity index (χ1v) is 16.8. The molecular formula is C32H59N9O8. The number of Topliss-reactive ketones (excluding diaryl/α,β-unsaturated/α-hetero) is 2. The SMILES string of the molecule is CC(C)C[C@H](NC(=O)[C@@H](NC(=O)[C@@H](N)CCC(N)=O)C(C)C)C(=O)CN[C@@H](C)C(=O)CN[C@@H](CCC(N)=O)C(=O)N[C@H](C=O)CCCCN. The predicted molar refractivity (Wildman–Crippen MR) is 183 cm³/mol. The maximum Gasteiger partial charge on any atom is 0.243 e. The molecule has 280 valence electrons. The Morgan fingerprint density at radius 2 is 1.27 bits per heavy atom. The summed E-state index contributed by atoms with van der Waals surface area (Å²) in [6.07, 6.45) is 2.39. The number of aldehydes is 1. The van der Waals surface area contributed by atoms with Gasteiger partial charge in [-0.1, -0.05) is 27.7 Å². The van der Waals surface area contributed by atoms with Gasteiger partial charge in [0.25, 0.3) is 0 Å². The number of carbonyl (C=O) groups excluding carboxylic acids is 8. The van der Waals surface area contributed by atoms with E-state index in [0.717, 1.165) is 0 Å². The van der Waals surface area contributed by atoms with Crippen LogP contribution in [0.15, 0.2) is 0 Å². The van der Waals surface area contributed by atoms with Crippen molar-refractivity contribution in [1.82, 2.24) is 26.6 Å². The molecule has 17 heteroatoms. The second kappa shape index (κ2) is 24.4. The number of hydrogen-bond acceptors (Lipinski definition) is 12. The lowest BCUT2D eigenvalue weighted by molar-refractivity contribution is -0.133. The lowest BCUT2D eigenvalue weighted by Gasteiger charge is -2.27. The van der Waals surface area contributed by atoms with E-state index in [1.54, 1.807) is 13.8 Å². The summed E-state index contributed by atoms with van der Waals surface area (Å²) < 4.78 is 0. The molecule has 0 aliphatic rings. The summed E-state index contributed by atoms with van der Waals surface area (Å²) in [4.78, 5) is 98.8.